The molecule has 0 bridgehead atoms. The predicted molar refractivity (Wildman–Crippen MR) is 55.4 cm³/mol. The van der Waals surface area contributed by atoms with Crippen molar-refractivity contribution in [3.63, 3.8) is 0 Å². The van der Waals surface area contributed by atoms with Crippen molar-refractivity contribution >= 4 is 10.1 Å². The molecule has 5 nitrogen and oxygen atoms in total. The predicted octanol–water partition coefficient (Wildman–Crippen LogP) is 1.59. The Hall–Kier alpha value is -1.35. The molecule has 1 heterocycles. The average molecular weight is 285 g/mol. The van der Waals surface area contributed by atoms with E-state index in [1.165, 1.54) is 0 Å². The summed E-state index contributed by atoms with van der Waals surface area (Å²) >= 11 is 0. The molecule has 18 heavy (non-hydrogen) atoms. The van der Waals surface area contributed by atoms with Crippen LogP contribution in [0.3, 0.4) is 0 Å². The van der Waals surface area contributed by atoms with E-state index in [1.807, 2.05) is 0 Å². The molecular formula is C9H10F3NO4S. The van der Waals surface area contributed by atoms with Gasteiger partial charge >= 0.3 is 6.18 Å². The van der Waals surface area contributed by atoms with E-state index in [0.717, 1.165) is 25.6 Å². The number of methoxy groups -OCH3 is 1. The maximum Gasteiger partial charge on any atom is 0.417 e. The molecule has 0 fully saturated rings. The Balaban J connectivity index is 3.21. The summed E-state index contributed by atoms with van der Waals surface area (Å²) in [5, 5.41) is 0. The lowest BCUT2D eigenvalue weighted by Gasteiger charge is -2.14. The molecule has 0 N–H and O–H groups in total. The third-order valence-electron chi connectivity index (χ3n) is 1.93. The van der Waals surface area contributed by atoms with E-state index < -0.39 is 34.0 Å². The molecule has 0 radical (unpaired) electrons. The zero-order valence-corrected chi connectivity index (χ0v) is 10.3. The van der Waals surface area contributed by atoms with E-state index in [0.29, 0.717) is 0 Å². The van der Waals surface area contributed by atoms with Crippen LogP contribution in [-0.2, 0) is 27.1 Å². The maximum atomic E-state index is 12.7. The molecule has 0 unspecified atom stereocenters. The molecule has 0 saturated heterocycles. The van der Waals surface area contributed by atoms with Gasteiger partial charge in [-0.05, 0) is 6.07 Å². The zero-order valence-electron chi connectivity index (χ0n) is 9.48. The maximum absolute atomic E-state index is 12.7. The first-order valence-corrected chi connectivity index (χ1v) is 6.40. The summed E-state index contributed by atoms with van der Waals surface area (Å²) in [5.41, 5.74) is -1.50. The van der Waals surface area contributed by atoms with Crippen molar-refractivity contribution in [3.05, 3.63) is 23.4 Å². The number of hydrogen-bond acceptors (Lipinski definition) is 5. The van der Waals surface area contributed by atoms with Crippen molar-refractivity contribution in [2.24, 2.45) is 0 Å². The molecule has 0 aromatic carbocycles. The van der Waals surface area contributed by atoms with Crippen LogP contribution in [0.15, 0.2) is 12.3 Å². The van der Waals surface area contributed by atoms with Gasteiger partial charge in [-0.3, -0.25) is 4.18 Å². The van der Waals surface area contributed by atoms with E-state index in [-0.39, 0.29) is 5.88 Å². The van der Waals surface area contributed by atoms with Crippen LogP contribution >= 0.6 is 0 Å². The molecule has 0 saturated carbocycles. The Morgan fingerprint density at radius 2 is 2.00 bits per heavy atom. The summed E-state index contributed by atoms with van der Waals surface area (Å²) in [5.74, 6) is -0.325. The first-order chi connectivity index (χ1) is 8.15. The summed E-state index contributed by atoms with van der Waals surface area (Å²) in [6.07, 6.45) is -2.98. The molecule has 102 valence electrons. The van der Waals surface area contributed by atoms with Crippen molar-refractivity contribution in [3.8, 4) is 5.88 Å². The Morgan fingerprint density at radius 1 is 1.39 bits per heavy atom. The second-order valence-corrected chi connectivity index (χ2v) is 4.95. The largest absolute Gasteiger partial charge is 0.481 e. The fraction of sp³-hybridized carbons (Fsp3) is 0.444. The lowest BCUT2D eigenvalue weighted by atomic mass is 10.1. The van der Waals surface area contributed by atoms with Crippen LogP contribution in [0.5, 0.6) is 5.88 Å². The highest BCUT2D eigenvalue weighted by molar-refractivity contribution is 7.85. The van der Waals surface area contributed by atoms with Crippen LogP contribution in [0, 0.1) is 0 Å². The van der Waals surface area contributed by atoms with Gasteiger partial charge in [0.15, 0.2) is 0 Å². The fourth-order valence-corrected chi connectivity index (χ4v) is 1.55. The number of aromatic nitrogens is 1. The van der Waals surface area contributed by atoms with E-state index in [4.69, 9.17) is 0 Å². The molecule has 1 aromatic rings. The molecule has 1 aromatic heterocycles. The van der Waals surface area contributed by atoms with Crippen molar-refractivity contribution in [1.82, 2.24) is 4.98 Å². The van der Waals surface area contributed by atoms with Crippen molar-refractivity contribution < 1.29 is 30.5 Å². The van der Waals surface area contributed by atoms with Crippen LogP contribution in [-0.4, -0.2) is 26.8 Å². The topological polar surface area (TPSA) is 65.5 Å². The second-order valence-electron chi connectivity index (χ2n) is 3.31. The summed E-state index contributed by atoms with van der Waals surface area (Å²) < 4.78 is 68.7. The van der Waals surface area contributed by atoms with Gasteiger partial charge in [0.05, 0.1) is 31.1 Å². The summed E-state index contributed by atoms with van der Waals surface area (Å²) in [7, 11) is -2.73. The Bertz CT molecular complexity index is 527. The molecule has 0 aliphatic rings. The SMILES string of the molecule is COc1nccc(C(F)(F)F)c1COS(C)(=O)=O. The second kappa shape index (κ2) is 5.11. The Morgan fingerprint density at radius 3 is 2.44 bits per heavy atom. The number of alkyl halides is 3. The molecule has 0 amide bonds. The molecule has 0 spiro atoms. The van der Waals surface area contributed by atoms with Gasteiger partial charge in [0, 0.05) is 6.20 Å². The molecule has 0 aliphatic carbocycles. The Labute approximate surface area is 102 Å². The van der Waals surface area contributed by atoms with E-state index >= 15 is 0 Å². The van der Waals surface area contributed by atoms with Gasteiger partial charge in [-0.15, -0.1) is 0 Å². The molecule has 1 rings (SSSR count). The smallest absolute Gasteiger partial charge is 0.417 e. The molecule has 0 atom stereocenters. The first kappa shape index (κ1) is 14.7. The van der Waals surface area contributed by atoms with Gasteiger partial charge in [-0.1, -0.05) is 0 Å². The standard InChI is InChI=1S/C9H10F3NO4S/c1-16-8-6(5-17-18(2,14)15)7(3-4-13-8)9(10,11)12/h3-4H,5H2,1-2H3. The van der Waals surface area contributed by atoms with Gasteiger partial charge in [-0.2, -0.15) is 21.6 Å². The fourth-order valence-electron chi connectivity index (χ4n) is 1.22. The first-order valence-electron chi connectivity index (χ1n) is 4.58. The third-order valence-corrected chi connectivity index (χ3v) is 2.48. The quantitative estimate of drug-likeness (QED) is 0.786. The van der Waals surface area contributed by atoms with Crippen LogP contribution in [0.1, 0.15) is 11.1 Å². The Kier molecular flexibility index (Phi) is 4.17. The summed E-state index contributed by atoms with van der Waals surface area (Å²) in [6.45, 7) is -0.787. The van der Waals surface area contributed by atoms with Crippen LogP contribution in [0.25, 0.3) is 0 Å². The van der Waals surface area contributed by atoms with E-state index in [2.05, 4.69) is 13.9 Å². The van der Waals surface area contributed by atoms with Crippen molar-refractivity contribution in [2.45, 2.75) is 12.8 Å². The highest BCUT2D eigenvalue weighted by Crippen LogP contribution is 2.35. The van der Waals surface area contributed by atoms with E-state index in [1.54, 1.807) is 0 Å². The van der Waals surface area contributed by atoms with Crippen molar-refractivity contribution in [1.29, 1.82) is 0 Å². The van der Waals surface area contributed by atoms with Crippen molar-refractivity contribution in [2.75, 3.05) is 13.4 Å². The molecular weight excluding hydrogens is 275 g/mol. The summed E-state index contributed by atoms with van der Waals surface area (Å²) in [6, 6.07) is 0.726. The minimum Gasteiger partial charge on any atom is -0.481 e. The van der Waals surface area contributed by atoms with Gasteiger partial charge in [-0.25, -0.2) is 4.98 Å². The minimum atomic E-state index is -4.65. The number of rotatable bonds is 4. The zero-order chi connectivity index (χ0) is 14.0. The number of ether oxygens (including phenoxy) is 1. The number of hydrogen-bond donors (Lipinski definition) is 0. The lowest BCUT2D eigenvalue weighted by Crippen LogP contribution is -2.13. The lowest BCUT2D eigenvalue weighted by molar-refractivity contribution is -0.138. The average Bonchev–Trinajstić information content (AvgIpc) is 2.23. The van der Waals surface area contributed by atoms with Gasteiger partial charge in [0.2, 0.25) is 5.88 Å². The van der Waals surface area contributed by atoms with Crippen LogP contribution < -0.4 is 4.74 Å². The minimum absolute atomic E-state index is 0.325. The summed E-state index contributed by atoms with van der Waals surface area (Å²) in [4.78, 5) is 3.57. The molecule has 9 heteroatoms. The highest BCUT2D eigenvalue weighted by atomic mass is 32.2. The van der Waals surface area contributed by atoms with Crippen LogP contribution in [0.2, 0.25) is 0 Å². The number of pyridine rings is 1. The third kappa shape index (κ3) is 3.84. The van der Waals surface area contributed by atoms with Gasteiger partial charge < -0.3 is 4.74 Å². The normalized spacial score (nSPS) is 12.5. The molecule has 0 aliphatic heterocycles. The van der Waals surface area contributed by atoms with Gasteiger partial charge in [0.25, 0.3) is 10.1 Å². The van der Waals surface area contributed by atoms with Crippen LogP contribution in [0.4, 0.5) is 13.2 Å². The number of halogens is 3. The van der Waals surface area contributed by atoms with Gasteiger partial charge in [0.1, 0.15) is 0 Å². The highest BCUT2D eigenvalue weighted by Gasteiger charge is 2.35. The number of nitrogens with zero attached hydrogens (tertiary/aromatic N) is 1. The monoisotopic (exact) mass is 285 g/mol. The van der Waals surface area contributed by atoms with E-state index in [9.17, 15) is 21.6 Å².